The lowest BCUT2D eigenvalue weighted by Crippen LogP contribution is -2.39. The number of piperidine rings is 1. The minimum Gasteiger partial charge on any atom is -0.480 e. The predicted molar refractivity (Wildman–Crippen MR) is 95.5 cm³/mol. The Bertz CT molecular complexity index is 682. The van der Waals surface area contributed by atoms with Crippen molar-refractivity contribution in [2.45, 2.75) is 19.4 Å². The van der Waals surface area contributed by atoms with Gasteiger partial charge in [0.15, 0.2) is 0 Å². The number of hydrogen-bond donors (Lipinski definition) is 0. The Labute approximate surface area is 148 Å². The van der Waals surface area contributed by atoms with Crippen molar-refractivity contribution in [3.63, 3.8) is 0 Å². The number of benzene rings is 1. The van der Waals surface area contributed by atoms with Gasteiger partial charge in [-0.1, -0.05) is 30.3 Å². The minimum atomic E-state index is -0.00592. The van der Waals surface area contributed by atoms with Gasteiger partial charge in [-0.05, 0) is 36.5 Å². The maximum atomic E-state index is 12.7. The fourth-order valence-corrected chi connectivity index (χ4v) is 3.11. The molecule has 25 heavy (non-hydrogen) atoms. The molecular weight excluding hydrogens is 316 g/mol. The molecule has 0 N–H and O–H groups in total. The standard InChI is InChI=1S/C20H24N2O3/c1-24-19-18(8-5-11-21-19)20(23)22-12-9-17(10-13-22)15-25-14-16-6-3-2-4-7-16/h2-8,11,17H,9-10,12-15H2,1H3. The Balaban J connectivity index is 1.46. The molecule has 0 bridgehead atoms. The molecule has 0 saturated carbocycles. The quantitative estimate of drug-likeness (QED) is 0.810. The van der Waals surface area contributed by atoms with Crippen LogP contribution >= 0.6 is 0 Å². The van der Waals surface area contributed by atoms with E-state index in [1.165, 1.54) is 12.7 Å². The monoisotopic (exact) mass is 340 g/mol. The van der Waals surface area contributed by atoms with E-state index in [1.54, 1.807) is 18.3 Å². The molecule has 5 nitrogen and oxygen atoms in total. The lowest BCUT2D eigenvalue weighted by molar-refractivity contribution is 0.0476. The van der Waals surface area contributed by atoms with E-state index in [4.69, 9.17) is 9.47 Å². The third-order valence-corrected chi connectivity index (χ3v) is 4.56. The number of amides is 1. The van der Waals surface area contributed by atoms with Crippen LogP contribution in [0.5, 0.6) is 5.88 Å². The summed E-state index contributed by atoms with van der Waals surface area (Å²) >= 11 is 0. The van der Waals surface area contributed by atoms with Crippen LogP contribution in [0.25, 0.3) is 0 Å². The molecular formula is C20H24N2O3. The van der Waals surface area contributed by atoms with Gasteiger partial charge in [0.2, 0.25) is 5.88 Å². The molecule has 1 aromatic carbocycles. The number of pyridine rings is 1. The van der Waals surface area contributed by atoms with Crippen molar-refractivity contribution < 1.29 is 14.3 Å². The molecule has 1 fully saturated rings. The Hall–Kier alpha value is -2.40. The van der Waals surface area contributed by atoms with Gasteiger partial charge in [-0.2, -0.15) is 0 Å². The van der Waals surface area contributed by atoms with E-state index >= 15 is 0 Å². The molecule has 3 rings (SSSR count). The average Bonchev–Trinajstić information content (AvgIpc) is 2.69. The number of carbonyl (C=O) groups is 1. The van der Waals surface area contributed by atoms with Crippen molar-refractivity contribution in [1.29, 1.82) is 0 Å². The van der Waals surface area contributed by atoms with Crippen LogP contribution in [0.15, 0.2) is 48.7 Å². The first kappa shape index (κ1) is 17.4. The lowest BCUT2D eigenvalue weighted by Gasteiger charge is -2.32. The topological polar surface area (TPSA) is 51.7 Å². The van der Waals surface area contributed by atoms with E-state index in [0.29, 0.717) is 24.0 Å². The smallest absolute Gasteiger partial charge is 0.259 e. The van der Waals surface area contributed by atoms with Gasteiger partial charge < -0.3 is 14.4 Å². The number of ether oxygens (including phenoxy) is 2. The van der Waals surface area contributed by atoms with Crippen molar-refractivity contribution in [3.8, 4) is 5.88 Å². The van der Waals surface area contributed by atoms with Crippen LogP contribution in [0, 0.1) is 5.92 Å². The highest BCUT2D eigenvalue weighted by molar-refractivity contribution is 5.96. The van der Waals surface area contributed by atoms with E-state index in [1.807, 2.05) is 23.1 Å². The molecule has 5 heteroatoms. The summed E-state index contributed by atoms with van der Waals surface area (Å²) in [6.07, 6.45) is 3.55. The second-order valence-corrected chi connectivity index (χ2v) is 6.30. The SMILES string of the molecule is COc1ncccc1C(=O)N1CCC(COCc2ccccc2)CC1. The molecule has 0 atom stereocenters. The van der Waals surface area contributed by atoms with E-state index in [9.17, 15) is 4.79 Å². The van der Waals surface area contributed by atoms with Gasteiger partial charge in [-0.25, -0.2) is 4.98 Å². The number of likely N-dealkylation sites (tertiary alicyclic amines) is 1. The third-order valence-electron chi connectivity index (χ3n) is 4.56. The summed E-state index contributed by atoms with van der Waals surface area (Å²) in [5.74, 6) is 0.887. The van der Waals surface area contributed by atoms with Crippen LogP contribution in [0.3, 0.4) is 0 Å². The molecule has 1 saturated heterocycles. The summed E-state index contributed by atoms with van der Waals surface area (Å²) in [7, 11) is 1.54. The van der Waals surface area contributed by atoms with Gasteiger partial charge in [0.25, 0.3) is 5.91 Å². The Morgan fingerprint density at radius 2 is 1.92 bits per heavy atom. The number of carbonyl (C=O) groups excluding carboxylic acids is 1. The second kappa shape index (κ2) is 8.62. The molecule has 1 aliphatic rings. The molecule has 0 spiro atoms. The summed E-state index contributed by atoms with van der Waals surface area (Å²) < 4.78 is 11.0. The lowest BCUT2D eigenvalue weighted by atomic mass is 9.97. The zero-order chi connectivity index (χ0) is 17.5. The van der Waals surface area contributed by atoms with Gasteiger partial charge in [0.1, 0.15) is 5.56 Å². The molecule has 1 aromatic heterocycles. The Kier molecular flexibility index (Phi) is 6.01. The Morgan fingerprint density at radius 3 is 2.64 bits per heavy atom. The van der Waals surface area contributed by atoms with E-state index in [0.717, 1.165) is 32.5 Å². The maximum Gasteiger partial charge on any atom is 0.259 e. The largest absolute Gasteiger partial charge is 0.480 e. The number of aromatic nitrogens is 1. The first-order valence-corrected chi connectivity index (χ1v) is 8.68. The van der Waals surface area contributed by atoms with Crippen LogP contribution in [-0.2, 0) is 11.3 Å². The van der Waals surface area contributed by atoms with E-state index < -0.39 is 0 Å². The highest BCUT2D eigenvalue weighted by atomic mass is 16.5. The molecule has 2 aromatic rings. The van der Waals surface area contributed by atoms with Crippen LogP contribution < -0.4 is 4.74 Å². The van der Waals surface area contributed by atoms with Crippen LogP contribution in [0.1, 0.15) is 28.8 Å². The fraction of sp³-hybridized carbons (Fsp3) is 0.400. The van der Waals surface area contributed by atoms with Gasteiger partial charge in [-0.3, -0.25) is 4.79 Å². The highest BCUT2D eigenvalue weighted by Crippen LogP contribution is 2.22. The molecule has 2 heterocycles. The van der Waals surface area contributed by atoms with E-state index in [-0.39, 0.29) is 5.91 Å². The predicted octanol–water partition coefficient (Wildman–Crippen LogP) is 3.16. The third kappa shape index (κ3) is 4.57. The van der Waals surface area contributed by atoms with Gasteiger partial charge >= 0.3 is 0 Å². The van der Waals surface area contributed by atoms with Gasteiger partial charge in [0.05, 0.1) is 13.7 Å². The van der Waals surface area contributed by atoms with Crippen LogP contribution in [0.2, 0.25) is 0 Å². The van der Waals surface area contributed by atoms with Crippen molar-refractivity contribution in [1.82, 2.24) is 9.88 Å². The first-order valence-electron chi connectivity index (χ1n) is 8.68. The second-order valence-electron chi connectivity index (χ2n) is 6.30. The summed E-state index contributed by atoms with van der Waals surface area (Å²) in [5, 5.41) is 0. The molecule has 132 valence electrons. The van der Waals surface area contributed by atoms with Crippen molar-refractivity contribution >= 4 is 5.91 Å². The van der Waals surface area contributed by atoms with Crippen LogP contribution in [-0.4, -0.2) is 42.6 Å². The maximum absolute atomic E-state index is 12.7. The summed E-state index contributed by atoms with van der Waals surface area (Å²) in [6, 6.07) is 13.7. The molecule has 1 aliphatic heterocycles. The summed E-state index contributed by atoms with van der Waals surface area (Å²) in [6.45, 7) is 2.88. The normalized spacial score (nSPS) is 15.2. The number of hydrogen-bond acceptors (Lipinski definition) is 4. The molecule has 0 aliphatic carbocycles. The van der Waals surface area contributed by atoms with Gasteiger partial charge in [-0.15, -0.1) is 0 Å². The average molecular weight is 340 g/mol. The highest BCUT2D eigenvalue weighted by Gasteiger charge is 2.25. The molecule has 0 unspecified atom stereocenters. The van der Waals surface area contributed by atoms with E-state index in [2.05, 4.69) is 17.1 Å². The molecule has 1 amide bonds. The van der Waals surface area contributed by atoms with Gasteiger partial charge in [0, 0.05) is 25.9 Å². The Morgan fingerprint density at radius 1 is 1.16 bits per heavy atom. The zero-order valence-corrected chi connectivity index (χ0v) is 14.6. The number of methoxy groups -OCH3 is 1. The minimum absolute atomic E-state index is 0.00592. The first-order chi connectivity index (χ1) is 12.3. The van der Waals surface area contributed by atoms with Crippen molar-refractivity contribution in [2.75, 3.05) is 26.8 Å². The zero-order valence-electron chi connectivity index (χ0n) is 14.6. The van der Waals surface area contributed by atoms with Crippen molar-refractivity contribution in [2.24, 2.45) is 5.92 Å². The summed E-state index contributed by atoms with van der Waals surface area (Å²) in [5.41, 5.74) is 1.72. The molecule has 0 radical (unpaired) electrons. The summed E-state index contributed by atoms with van der Waals surface area (Å²) in [4.78, 5) is 18.6. The van der Waals surface area contributed by atoms with Crippen molar-refractivity contribution in [3.05, 3.63) is 59.8 Å². The fourth-order valence-electron chi connectivity index (χ4n) is 3.11. The van der Waals surface area contributed by atoms with Crippen LogP contribution in [0.4, 0.5) is 0 Å². The number of nitrogens with zero attached hydrogens (tertiary/aromatic N) is 2. The number of rotatable bonds is 6.